The van der Waals surface area contributed by atoms with Gasteiger partial charge in [-0.3, -0.25) is 0 Å². The number of anilines is 1. The number of nitrogen functional groups attached to an aromatic ring is 1. The fraction of sp³-hybridized carbons (Fsp3) is 0.455. The Morgan fingerprint density at radius 2 is 2.11 bits per heavy atom. The molecular formula is C11H15BrN2O3S. The Labute approximate surface area is 115 Å². The number of nitrogens with two attached hydrogens (primary N) is 1. The van der Waals surface area contributed by atoms with E-state index in [1.54, 1.807) is 6.07 Å². The van der Waals surface area contributed by atoms with Gasteiger partial charge in [-0.1, -0.05) is 0 Å². The molecule has 0 saturated heterocycles. The molecule has 1 saturated carbocycles. The first-order valence-electron chi connectivity index (χ1n) is 5.61. The molecule has 100 valence electrons. The van der Waals surface area contributed by atoms with Gasteiger partial charge in [0.15, 0.2) is 0 Å². The molecule has 0 bridgehead atoms. The van der Waals surface area contributed by atoms with Gasteiger partial charge in [-0.05, 0) is 52.9 Å². The average molecular weight is 335 g/mol. The van der Waals surface area contributed by atoms with Gasteiger partial charge in [0.1, 0.15) is 0 Å². The fourth-order valence-electron chi connectivity index (χ4n) is 1.85. The lowest BCUT2D eigenvalue weighted by Crippen LogP contribution is -2.38. The van der Waals surface area contributed by atoms with Crippen LogP contribution in [0.4, 0.5) is 5.69 Å². The predicted octanol–water partition coefficient (Wildman–Crippen LogP) is 1.08. The summed E-state index contributed by atoms with van der Waals surface area (Å²) >= 11 is 3.20. The standard InChI is InChI=1S/C11H15BrN2O3S/c12-10-5-9(1-2-11(10)13)18(16,17)14-6-7-3-8(15)4-7/h1-2,5,7-8,14-15H,3-4,6,13H2. The zero-order valence-electron chi connectivity index (χ0n) is 9.64. The van der Waals surface area contributed by atoms with E-state index in [0.29, 0.717) is 29.5 Å². The number of rotatable bonds is 4. The molecule has 0 unspecified atom stereocenters. The molecule has 0 aliphatic heterocycles. The normalized spacial score (nSPS) is 23.7. The molecule has 1 aliphatic carbocycles. The van der Waals surface area contributed by atoms with Crippen molar-refractivity contribution in [3.05, 3.63) is 22.7 Å². The van der Waals surface area contributed by atoms with Crippen molar-refractivity contribution >= 4 is 31.6 Å². The predicted molar refractivity (Wildman–Crippen MR) is 72.5 cm³/mol. The Hall–Kier alpha value is -0.630. The van der Waals surface area contributed by atoms with Gasteiger partial charge in [-0.25, -0.2) is 13.1 Å². The van der Waals surface area contributed by atoms with Crippen molar-refractivity contribution in [1.82, 2.24) is 4.72 Å². The Morgan fingerprint density at radius 1 is 1.44 bits per heavy atom. The van der Waals surface area contributed by atoms with E-state index in [-0.39, 0.29) is 16.9 Å². The molecule has 0 spiro atoms. The summed E-state index contributed by atoms with van der Waals surface area (Å²) in [5, 5.41) is 9.13. The number of aliphatic hydroxyl groups is 1. The Bertz CT molecular complexity index is 541. The SMILES string of the molecule is Nc1ccc(S(=O)(=O)NCC2CC(O)C2)cc1Br. The molecule has 1 fully saturated rings. The molecule has 1 aromatic rings. The number of halogens is 1. The van der Waals surface area contributed by atoms with Crippen LogP contribution in [0.5, 0.6) is 0 Å². The van der Waals surface area contributed by atoms with Crippen LogP contribution in [-0.2, 0) is 10.0 Å². The van der Waals surface area contributed by atoms with Crippen LogP contribution in [0.25, 0.3) is 0 Å². The van der Waals surface area contributed by atoms with Crippen LogP contribution in [-0.4, -0.2) is 26.2 Å². The summed E-state index contributed by atoms with van der Waals surface area (Å²) in [5.74, 6) is 0.229. The summed E-state index contributed by atoms with van der Waals surface area (Å²) in [6.07, 6.45) is 1.05. The van der Waals surface area contributed by atoms with E-state index in [1.165, 1.54) is 12.1 Å². The molecule has 0 radical (unpaired) electrons. The summed E-state index contributed by atoms with van der Waals surface area (Å²) in [6.45, 7) is 0.362. The van der Waals surface area contributed by atoms with Crippen LogP contribution < -0.4 is 10.5 Å². The lowest BCUT2D eigenvalue weighted by atomic mass is 9.83. The van der Waals surface area contributed by atoms with E-state index >= 15 is 0 Å². The van der Waals surface area contributed by atoms with E-state index in [0.717, 1.165) is 0 Å². The van der Waals surface area contributed by atoms with Gasteiger partial charge in [-0.2, -0.15) is 0 Å². The molecule has 1 aliphatic rings. The second-order valence-corrected chi connectivity index (χ2v) is 7.15. The van der Waals surface area contributed by atoms with E-state index < -0.39 is 10.0 Å². The van der Waals surface area contributed by atoms with Crippen molar-refractivity contribution in [2.45, 2.75) is 23.8 Å². The number of hydrogen-bond donors (Lipinski definition) is 3. The van der Waals surface area contributed by atoms with Crippen LogP contribution in [0.2, 0.25) is 0 Å². The number of hydrogen-bond acceptors (Lipinski definition) is 4. The van der Waals surface area contributed by atoms with E-state index in [4.69, 9.17) is 10.8 Å². The largest absolute Gasteiger partial charge is 0.398 e. The molecular weight excluding hydrogens is 320 g/mol. The molecule has 0 amide bonds. The summed E-state index contributed by atoms with van der Waals surface area (Å²) in [7, 11) is -3.51. The first-order valence-corrected chi connectivity index (χ1v) is 7.89. The van der Waals surface area contributed by atoms with Crippen LogP contribution in [0, 0.1) is 5.92 Å². The maximum atomic E-state index is 12.0. The van der Waals surface area contributed by atoms with E-state index in [9.17, 15) is 8.42 Å². The first kappa shape index (κ1) is 13.8. The third-order valence-electron chi connectivity index (χ3n) is 3.06. The topological polar surface area (TPSA) is 92.4 Å². The number of nitrogens with one attached hydrogen (secondary N) is 1. The van der Waals surface area contributed by atoms with Gasteiger partial charge < -0.3 is 10.8 Å². The van der Waals surface area contributed by atoms with Crippen LogP contribution in [0.1, 0.15) is 12.8 Å². The highest BCUT2D eigenvalue weighted by atomic mass is 79.9. The maximum absolute atomic E-state index is 12.0. The second-order valence-electron chi connectivity index (χ2n) is 4.53. The molecule has 7 heteroatoms. The van der Waals surface area contributed by atoms with Crippen molar-refractivity contribution in [3.8, 4) is 0 Å². The molecule has 1 aromatic carbocycles. The quantitative estimate of drug-likeness (QED) is 0.718. The van der Waals surface area contributed by atoms with Gasteiger partial charge >= 0.3 is 0 Å². The van der Waals surface area contributed by atoms with Crippen LogP contribution >= 0.6 is 15.9 Å². The second kappa shape index (κ2) is 5.16. The zero-order valence-corrected chi connectivity index (χ0v) is 12.0. The Kier molecular flexibility index (Phi) is 3.96. The van der Waals surface area contributed by atoms with Crippen LogP contribution in [0.15, 0.2) is 27.6 Å². The summed E-state index contributed by atoms with van der Waals surface area (Å²) in [4.78, 5) is 0.184. The fourth-order valence-corrected chi connectivity index (χ4v) is 3.53. The highest BCUT2D eigenvalue weighted by Gasteiger charge is 2.28. The molecule has 2 rings (SSSR count). The van der Waals surface area contributed by atoms with Crippen molar-refractivity contribution < 1.29 is 13.5 Å². The van der Waals surface area contributed by atoms with Gasteiger partial charge in [0.05, 0.1) is 11.0 Å². The maximum Gasteiger partial charge on any atom is 0.240 e. The van der Waals surface area contributed by atoms with Gasteiger partial charge in [0.2, 0.25) is 10.0 Å². The third-order valence-corrected chi connectivity index (χ3v) is 5.16. The summed E-state index contributed by atoms with van der Waals surface area (Å²) in [6, 6.07) is 4.50. The molecule has 0 atom stereocenters. The number of sulfonamides is 1. The van der Waals surface area contributed by atoms with Crippen molar-refractivity contribution in [2.75, 3.05) is 12.3 Å². The summed E-state index contributed by atoms with van der Waals surface area (Å²) < 4.78 is 27.1. The molecule has 0 heterocycles. The van der Waals surface area contributed by atoms with Gasteiger partial charge in [0, 0.05) is 16.7 Å². The minimum atomic E-state index is -3.51. The van der Waals surface area contributed by atoms with E-state index in [2.05, 4.69) is 20.7 Å². The first-order chi connectivity index (χ1) is 8.38. The average Bonchev–Trinajstić information content (AvgIpc) is 2.26. The minimum Gasteiger partial charge on any atom is -0.398 e. The van der Waals surface area contributed by atoms with Crippen molar-refractivity contribution in [3.63, 3.8) is 0 Å². The van der Waals surface area contributed by atoms with E-state index in [1.807, 2.05) is 0 Å². The minimum absolute atomic E-state index is 0.184. The zero-order chi connectivity index (χ0) is 13.3. The monoisotopic (exact) mass is 334 g/mol. The molecule has 5 nitrogen and oxygen atoms in total. The lowest BCUT2D eigenvalue weighted by molar-refractivity contribution is 0.0453. The third kappa shape index (κ3) is 3.03. The highest BCUT2D eigenvalue weighted by Crippen LogP contribution is 2.27. The number of benzene rings is 1. The molecule has 4 N–H and O–H groups in total. The number of aliphatic hydroxyl groups excluding tert-OH is 1. The summed E-state index contributed by atoms with van der Waals surface area (Å²) in [5.41, 5.74) is 6.11. The highest BCUT2D eigenvalue weighted by molar-refractivity contribution is 9.10. The van der Waals surface area contributed by atoms with Gasteiger partial charge in [0.25, 0.3) is 0 Å². The van der Waals surface area contributed by atoms with Gasteiger partial charge in [-0.15, -0.1) is 0 Å². The lowest BCUT2D eigenvalue weighted by Gasteiger charge is -2.31. The smallest absolute Gasteiger partial charge is 0.240 e. The van der Waals surface area contributed by atoms with Crippen molar-refractivity contribution in [1.29, 1.82) is 0 Å². The Morgan fingerprint density at radius 3 is 2.67 bits per heavy atom. The van der Waals surface area contributed by atoms with Crippen molar-refractivity contribution in [2.24, 2.45) is 5.92 Å². The molecule has 18 heavy (non-hydrogen) atoms. The molecule has 0 aromatic heterocycles. The Balaban J connectivity index is 2.03. The van der Waals surface area contributed by atoms with Crippen LogP contribution in [0.3, 0.4) is 0 Å².